The van der Waals surface area contributed by atoms with Crippen LogP contribution in [0.4, 0.5) is 0 Å². The predicted octanol–water partition coefficient (Wildman–Crippen LogP) is 3.91. The maximum atomic E-state index is 12.1. The van der Waals surface area contributed by atoms with Gasteiger partial charge in [0.15, 0.2) is 0 Å². The van der Waals surface area contributed by atoms with E-state index in [2.05, 4.69) is 4.98 Å². The molecule has 4 aromatic rings. The molecule has 4 rings (SSSR count). The average Bonchev–Trinajstić information content (AvgIpc) is 3.17. The molecule has 6 heteroatoms. The van der Waals surface area contributed by atoms with Crippen LogP contribution in [0, 0.1) is 0 Å². The zero-order valence-corrected chi connectivity index (χ0v) is 15.9. The number of aromatic nitrogens is 2. The van der Waals surface area contributed by atoms with Gasteiger partial charge in [0.25, 0.3) is 0 Å². The minimum atomic E-state index is -3.83. The van der Waals surface area contributed by atoms with Crippen molar-refractivity contribution in [2.75, 3.05) is 0 Å². The van der Waals surface area contributed by atoms with Crippen LogP contribution in [0.1, 0.15) is 5.56 Å². The Morgan fingerprint density at radius 2 is 1.46 bits per heavy atom. The van der Waals surface area contributed by atoms with Gasteiger partial charge in [0.05, 0.1) is 4.90 Å². The van der Waals surface area contributed by atoms with Gasteiger partial charge in [-0.25, -0.2) is 18.5 Å². The minimum absolute atomic E-state index is 0.122. The third-order valence-electron chi connectivity index (χ3n) is 4.59. The molecule has 0 radical (unpaired) electrons. The van der Waals surface area contributed by atoms with Crippen molar-refractivity contribution in [2.24, 2.45) is 5.14 Å². The fraction of sp³-hybridized carbons (Fsp3) is 0.0455. The lowest BCUT2D eigenvalue weighted by atomic mass is 9.99. The van der Waals surface area contributed by atoms with Gasteiger partial charge in [-0.2, -0.15) is 0 Å². The molecule has 0 bridgehead atoms. The Bertz CT molecular complexity index is 1220. The second-order valence-corrected chi connectivity index (χ2v) is 7.97. The van der Waals surface area contributed by atoms with Gasteiger partial charge >= 0.3 is 0 Å². The highest BCUT2D eigenvalue weighted by atomic mass is 32.2. The molecular formula is C22H19N3O2S. The molecule has 0 saturated heterocycles. The molecule has 5 nitrogen and oxygen atoms in total. The Kier molecular flexibility index (Phi) is 4.81. The highest BCUT2D eigenvalue weighted by molar-refractivity contribution is 7.89. The van der Waals surface area contributed by atoms with E-state index in [1.807, 2.05) is 71.4 Å². The maximum Gasteiger partial charge on any atom is 0.238 e. The van der Waals surface area contributed by atoms with E-state index in [0.717, 1.165) is 22.5 Å². The number of hydrogen-bond acceptors (Lipinski definition) is 3. The van der Waals surface area contributed by atoms with Crippen LogP contribution in [0.5, 0.6) is 0 Å². The molecule has 1 aromatic heterocycles. The highest BCUT2D eigenvalue weighted by Crippen LogP contribution is 2.30. The smallest absolute Gasteiger partial charge is 0.238 e. The molecule has 2 N–H and O–H groups in total. The fourth-order valence-corrected chi connectivity index (χ4v) is 4.08. The SMILES string of the molecule is NS(=O)(=O)c1ccccc1-c1ccccc1Cn1ccnc1-c1ccccc1. The highest BCUT2D eigenvalue weighted by Gasteiger charge is 2.17. The van der Waals surface area contributed by atoms with Gasteiger partial charge < -0.3 is 4.57 Å². The molecular weight excluding hydrogens is 370 g/mol. The van der Waals surface area contributed by atoms with E-state index >= 15 is 0 Å². The summed E-state index contributed by atoms with van der Waals surface area (Å²) >= 11 is 0. The first-order chi connectivity index (χ1) is 13.5. The van der Waals surface area contributed by atoms with Crippen molar-refractivity contribution < 1.29 is 8.42 Å². The van der Waals surface area contributed by atoms with E-state index in [1.165, 1.54) is 6.07 Å². The van der Waals surface area contributed by atoms with Crippen molar-refractivity contribution in [3.8, 4) is 22.5 Å². The molecule has 3 aromatic carbocycles. The number of hydrogen-bond donors (Lipinski definition) is 1. The number of benzene rings is 3. The van der Waals surface area contributed by atoms with Gasteiger partial charge in [0.2, 0.25) is 10.0 Å². The maximum absolute atomic E-state index is 12.1. The first-order valence-corrected chi connectivity index (χ1v) is 10.4. The molecule has 0 aliphatic heterocycles. The van der Waals surface area contributed by atoms with E-state index in [9.17, 15) is 8.42 Å². The fourth-order valence-electron chi connectivity index (χ4n) is 3.33. The largest absolute Gasteiger partial charge is 0.327 e. The summed E-state index contributed by atoms with van der Waals surface area (Å²) in [6.07, 6.45) is 3.69. The zero-order chi connectivity index (χ0) is 19.6. The topological polar surface area (TPSA) is 78.0 Å². The van der Waals surface area contributed by atoms with Crippen LogP contribution in [0.2, 0.25) is 0 Å². The lowest BCUT2D eigenvalue weighted by Gasteiger charge is -2.15. The standard InChI is InChI=1S/C22H19N3O2S/c23-28(26,27)21-13-7-6-12-20(21)19-11-5-4-10-18(19)16-25-15-14-24-22(25)17-8-2-1-3-9-17/h1-15H,16H2,(H2,23,26,27). The van der Waals surface area contributed by atoms with E-state index in [0.29, 0.717) is 12.1 Å². The summed E-state index contributed by atoms with van der Waals surface area (Å²) in [6.45, 7) is 0.555. The van der Waals surface area contributed by atoms with Gasteiger partial charge in [-0.1, -0.05) is 72.8 Å². The number of primary sulfonamides is 1. The molecule has 1 heterocycles. The molecule has 28 heavy (non-hydrogen) atoms. The molecule has 0 fully saturated rings. The van der Waals surface area contributed by atoms with Crippen LogP contribution in [0.3, 0.4) is 0 Å². The van der Waals surface area contributed by atoms with Crippen molar-refractivity contribution >= 4 is 10.0 Å². The summed E-state index contributed by atoms with van der Waals surface area (Å²) in [4.78, 5) is 4.61. The lowest BCUT2D eigenvalue weighted by molar-refractivity contribution is 0.598. The van der Waals surface area contributed by atoms with Crippen LogP contribution < -0.4 is 5.14 Å². The molecule has 0 amide bonds. The Hall–Kier alpha value is -3.22. The monoisotopic (exact) mass is 389 g/mol. The van der Waals surface area contributed by atoms with Crippen molar-refractivity contribution in [1.29, 1.82) is 0 Å². The first-order valence-electron chi connectivity index (χ1n) is 8.81. The van der Waals surface area contributed by atoms with Crippen LogP contribution in [-0.4, -0.2) is 18.0 Å². The summed E-state index contributed by atoms with van der Waals surface area (Å²) < 4.78 is 26.2. The number of imidazole rings is 1. The molecule has 0 aliphatic carbocycles. The van der Waals surface area contributed by atoms with Gasteiger partial charge in [0.1, 0.15) is 5.82 Å². The summed E-state index contributed by atoms with van der Waals surface area (Å²) in [5.41, 5.74) is 3.44. The Morgan fingerprint density at radius 3 is 2.21 bits per heavy atom. The third-order valence-corrected chi connectivity index (χ3v) is 5.56. The van der Waals surface area contributed by atoms with Gasteiger partial charge in [-0.15, -0.1) is 0 Å². The Labute approximate surface area is 164 Å². The second kappa shape index (κ2) is 7.42. The first kappa shape index (κ1) is 18.2. The normalized spacial score (nSPS) is 11.5. The van der Waals surface area contributed by atoms with E-state index in [1.54, 1.807) is 18.3 Å². The predicted molar refractivity (Wildman–Crippen MR) is 110 cm³/mol. The van der Waals surface area contributed by atoms with Crippen molar-refractivity contribution in [2.45, 2.75) is 11.4 Å². The molecule has 140 valence electrons. The molecule has 0 saturated carbocycles. The van der Waals surface area contributed by atoms with Crippen molar-refractivity contribution in [3.05, 3.63) is 96.8 Å². The van der Waals surface area contributed by atoms with Gasteiger partial charge in [0, 0.05) is 30.1 Å². The van der Waals surface area contributed by atoms with Crippen molar-refractivity contribution in [3.63, 3.8) is 0 Å². The van der Waals surface area contributed by atoms with Crippen LogP contribution in [-0.2, 0) is 16.6 Å². The summed E-state index contributed by atoms with van der Waals surface area (Å²) in [7, 11) is -3.83. The van der Waals surface area contributed by atoms with Crippen molar-refractivity contribution in [1.82, 2.24) is 9.55 Å². The van der Waals surface area contributed by atoms with Gasteiger partial charge in [-0.3, -0.25) is 0 Å². The molecule has 0 atom stereocenters. The van der Waals surface area contributed by atoms with Crippen LogP contribution in [0.15, 0.2) is 96.2 Å². The molecule has 0 spiro atoms. The van der Waals surface area contributed by atoms with E-state index in [4.69, 9.17) is 5.14 Å². The average molecular weight is 389 g/mol. The van der Waals surface area contributed by atoms with Crippen LogP contribution >= 0.6 is 0 Å². The quantitative estimate of drug-likeness (QED) is 0.562. The summed E-state index contributed by atoms with van der Waals surface area (Å²) in [5.74, 6) is 0.857. The Balaban J connectivity index is 1.80. The molecule has 0 aliphatic rings. The summed E-state index contributed by atoms with van der Waals surface area (Å²) in [5, 5.41) is 5.44. The lowest BCUT2D eigenvalue weighted by Crippen LogP contribution is -2.13. The third kappa shape index (κ3) is 3.60. The molecule has 0 unspecified atom stereocenters. The van der Waals surface area contributed by atoms with E-state index < -0.39 is 10.0 Å². The summed E-state index contributed by atoms with van der Waals surface area (Å²) in [6, 6.07) is 24.5. The Morgan fingerprint density at radius 1 is 0.821 bits per heavy atom. The zero-order valence-electron chi connectivity index (χ0n) is 15.1. The minimum Gasteiger partial charge on any atom is -0.327 e. The number of rotatable bonds is 5. The van der Waals surface area contributed by atoms with Gasteiger partial charge in [-0.05, 0) is 17.2 Å². The van der Waals surface area contributed by atoms with E-state index in [-0.39, 0.29) is 4.90 Å². The number of sulfonamides is 1. The van der Waals surface area contributed by atoms with Crippen LogP contribution in [0.25, 0.3) is 22.5 Å². The number of nitrogens with two attached hydrogens (primary N) is 1. The number of nitrogens with zero attached hydrogens (tertiary/aromatic N) is 2. The second-order valence-electron chi connectivity index (χ2n) is 6.44.